The fraction of sp³-hybridized carbons (Fsp3) is 0.250. The Morgan fingerprint density at radius 3 is 2.94 bits per heavy atom. The number of H-pyrrole nitrogens is 1. The van der Waals surface area contributed by atoms with Crippen LogP contribution in [0.4, 0.5) is 0 Å². The van der Waals surface area contributed by atoms with E-state index in [1.54, 1.807) is 32.2 Å². The minimum Gasteiger partial charge on any atom is -0.389 e. The summed E-state index contributed by atoms with van der Waals surface area (Å²) in [5, 5.41) is 10.8. The molecule has 0 aromatic carbocycles. The second kappa shape index (κ2) is 5.32. The van der Waals surface area contributed by atoms with Crippen LogP contribution in [0.5, 0.6) is 0 Å². The van der Waals surface area contributed by atoms with Gasteiger partial charge in [-0.1, -0.05) is 6.07 Å². The number of hydrogen-bond donors (Lipinski definition) is 2. The zero-order valence-electron chi connectivity index (χ0n) is 10.0. The van der Waals surface area contributed by atoms with Gasteiger partial charge in [-0.05, 0) is 31.7 Å². The van der Waals surface area contributed by atoms with Crippen molar-refractivity contribution in [3.63, 3.8) is 0 Å². The Morgan fingerprint density at radius 2 is 2.28 bits per heavy atom. The lowest BCUT2D eigenvalue weighted by molar-refractivity contribution is 0.195. The maximum atomic E-state index is 11.3. The molecule has 0 aliphatic rings. The Bertz CT molecular complexity index is 610. The van der Waals surface area contributed by atoms with Crippen LogP contribution in [0.25, 0.3) is 0 Å². The summed E-state index contributed by atoms with van der Waals surface area (Å²) >= 11 is 1.23. The summed E-state index contributed by atoms with van der Waals surface area (Å²) in [7, 11) is 0. The van der Waals surface area contributed by atoms with Gasteiger partial charge in [0.1, 0.15) is 5.03 Å². The summed E-state index contributed by atoms with van der Waals surface area (Å²) < 4.78 is 0. The number of nitrogens with one attached hydrogen (secondary N) is 1. The number of nitrogens with zero attached hydrogens (tertiary/aromatic N) is 2. The number of aliphatic hydroxyl groups excluding tert-OH is 1. The maximum absolute atomic E-state index is 11.3. The van der Waals surface area contributed by atoms with E-state index >= 15 is 0 Å². The summed E-state index contributed by atoms with van der Waals surface area (Å²) in [6, 6.07) is 4.99. The van der Waals surface area contributed by atoms with E-state index in [9.17, 15) is 9.90 Å². The molecular weight excluding hydrogens is 250 g/mol. The molecule has 0 radical (unpaired) electrons. The standard InChI is InChI=1S/C12H13N3O2S/c1-7-6-10(17)15-12(14-7)18-11-9(8(2)16)4-3-5-13-11/h3-6,8,16H,1-2H3,(H,14,15,17). The minimum atomic E-state index is -0.613. The molecule has 0 spiro atoms. The van der Waals surface area contributed by atoms with Gasteiger partial charge < -0.3 is 10.1 Å². The first kappa shape index (κ1) is 12.8. The Balaban J connectivity index is 2.37. The van der Waals surface area contributed by atoms with E-state index in [2.05, 4.69) is 15.0 Å². The summed E-state index contributed by atoms with van der Waals surface area (Å²) in [4.78, 5) is 22.4. The Kier molecular flexibility index (Phi) is 3.78. The topological polar surface area (TPSA) is 78.9 Å². The van der Waals surface area contributed by atoms with Crippen molar-refractivity contribution < 1.29 is 5.11 Å². The monoisotopic (exact) mass is 263 g/mol. The van der Waals surface area contributed by atoms with Crippen LogP contribution in [0.15, 0.2) is 39.4 Å². The summed E-state index contributed by atoms with van der Waals surface area (Å²) in [6.45, 7) is 3.43. The molecule has 2 rings (SSSR count). The minimum absolute atomic E-state index is 0.195. The van der Waals surface area contributed by atoms with E-state index in [0.29, 0.717) is 21.4 Å². The molecule has 0 amide bonds. The largest absolute Gasteiger partial charge is 0.389 e. The first-order valence-corrected chi connectivity index (χ1v) is 6.26. The van der Waals surface area contributed by atoms with Gasteiger partial charge in [0.15, 0.2) is 5.16 Å². The summed E-state index contributed by atoms with van der Waals surface area (Å²) in [5.41, 5.74) is 1.17. The lowest BCUT2D eigenvalue weighted by Crippen LogP contribution is -2.08. The highest BCUT2D eigenvalue weighted by molar-refractivity contribution is 7.99. The van der Waals surface area contributed by atoms with Gasteiger partial charge in [-0.25, -0.2) is 9.97 Å². The molecule has 1 atom stereocenters. The van der Waals surface area contributed by atoms with Gasteiger partial charge in [0.2, 0.25) is 0 Å². The molecule has 2 N–H and O–H groups in total. The van der Waals surface area contributed by atoms with E-state index in [-0.39, 0.29) is 5.56 Å². The van der Waals surface area contributed by atoms with Crippen LogP contribution in [-0.4, -0.2) is 20.1 Å². The molecule has 6 heteroatoms. The smallest absolute Gasteiger partial charge is 0.251 e. The van der Waals surface area contributed by atoms with Gasteiger partial charge in [-0.3, -0.25) is 4.79 Å². The molecular formula is C12H13N3O2S. The average molecular weight is 263 g/mol. The molecule has 0 aliphatic heterocycles. The predicted octanol–water partition coefficient (Wildman–Crippen LogP) is 1.68. The van der Waals surface area contributed by atoms with Gasteiger partial charge in [0, 0.05) is 23.5 Å². The van der Waals surface area contributed by atoms with Crippen LogP contribution in [0, 0.1) is 6.92 Å². The van der Waals surface area contributed by atoms with Gasteiger partial charge in [0.25, 0.3) is 5.56 Å². The van der Waals surface area contributed by atoms with Crippen LogP contribution < -0.4 is 5.56 Å². The van der Waals surface area contributed by atoms with Crippen LogP contribution in [0.1, 0.15) is 24.3 Å². The molecule has 0 saturated heterocycles. The number of rotatable bonds is 3. The van der Waals surface area contributed by atoms with Crippen LogP contribution in [0.2, 0.25) is 0 Å². The first-order valence-electron chi connectivity index (χ1n) is 5.45. The van der Waals surface area contributed by atoms with E-state index in [1.165, 1.54) is 17.8 Å². The highest BCUT2D eigenvalue weighted by Crippen LogP contribution is 2.28. The van der Waals surface area contributed by atoms with Gasteiger partial charge >= 0.3 is 0 Å². The fourth-order valence-electron chi connectivity index (χ4n) is 1.50. The third-order valence-electron chi connectivity index (χ3n) is 2.29. The van der Waals surface area contributed by atoms with E-state index in [0.717, 1.165) is 0 Å². The molecule has 2 aromatic heterocycles. The zero-order valence-corrected chi connectivity index (χ0v) is 10.9. The summed E-state index contributed by atoms with van der Waals surface area (Å²) in [5.74, 6) is 0. The van der Waals surface area contributed by atoms with Gasteiger partial charge in [0.05, 0.1) is 6.10 Å². The normalized spacial score (nSPS) is 12.4. The molecule has 0 fully saturated rings. The molecule has 2 heterocycles. The lowest BCUT2D eigenvalue weighted by atomic mass is 10.2. The highest BCUT2D eigenvalue weighted by Gasteiger charge is 2.11. The van der Waals surface area contributed by atoms with Crippen LogP contribution in [-0.2, 0) is 0 Å². The predicted molar refractivity (Wildman–Crippen MR) is 68.6 cm³/mol. The number of aromatic nitrogens is 3. The first-order chi connectivity index (χ1) is 8.56. The van der Waals surface area contributed by atoms with E-state index in [1.807, 2.05) is 0 Å². The quantitative estimate of drug-likeness (QED) is 0.824. The SMILES string of the molecule is Cc1cc(=O)[nH]c(Sc2ncccc2C(C)O)n1. The zero-order chi connectivity index (χ0) is 13.1. The van der Waals surface area contributed by atoms with Crippen molar-refractivity contribution in [3.8, 4) is 0 Å². The molecule has 0 bridgehead atoms. The van der Waals surface area contributed by atoms with Crippen molar-refractivity contribution in [2.45, 2.75) is 30.1 Å². The fourth-order valence-corrected chi connectivity index (χ4v) is 2.49. The highest BCUT2D eigenvalue weighted by atomic mass is 32.2. The molecule has 5 nitrogen and oxygen atoms in total. The van der Waals surface area contributed by atoms with Crippen molar-refractivity contribution in [2.24, 2.45) is 0 Å². The second-order valence-electron chi connectivity index (χ2n) is 3.87. The van der Waals surface area contributed by atoms with Crippen molar-refractivity contribution >= 4 is 11.8 Å². The number of pyridine rings is 1. The van der Waals surface area contributed by atoms with Crippen LogP contribution >= 0.6 is 11.8 Å². The van der Waals surface area contributed by atoms with Crippen molar-refractivity contribution in [1.29, 1.82) is 0 Å². The van der Waals surface area contributed by atoms with Crippen LogP contribution in [0.3, 0.4) is 0 Å². The molecule has 1 unspecified atom stereocenters. The summed E-state index contributed by atoms with van der Waals surface area (Å²) in [6.07, 6.45) is 1.03. The Hall–Kier alpha value is -1.66. The molecule has 94 valence electrons. The van der Waals surface area contributed by atoms with Gasteiger partial charge in [-0.2, -0.15) is 0 Å². The molecule has 0 aliphatic carbocycles. The number of aromatic amines is 1. The third-order valence-corrected chi connectivity index (χ3v) is 3.21. The number of aliphatic hydroxyl groups is 1. The Labute approximate surface area is 108 Å². The average Bonchev–Trinajstić information content (AvgIpc) is 2.27. The van der Waals surface area contributed by atoms with E-state index in [4.69, 9.17) is 0 Å². The molecule has 0 saturated carbocycles. The maximum Gasteiger partial charge on any atom is 0.251 e. The van der Waals surface area contributed by atoms with Crippen molar-refractivity contribution in [2.75, 3.05) is 0 Å². The molecule has 18 heavy (non-hydrogen) atoms. The number of aryl methyl sites for hydroxylation is 1. The lowest BCUT2D eigenvalue weighted by Gasteiger charge is -2.09. The molecule has 2 aromatic rings. The Morgan fingerprint density at radius 1 is 1.50 bits per heavy atom. The van der Waals surface area contributed by atoms with Gasteiger partial charge in [-0.15, -0.1) is 0 Å². The number of hydrogen-bond acceptors (Lipinski definition) is 5. The second-order valence-corrected chi connectivity index (χ2v) is 4.85. The third kappa shape index (κ3) is 2.96. The van der Waals surface area contributed by atoms with E-state index < -0.39 is 6.10 Å². The van der Waals surface area contributed by atoms with Crippen molar-refractivity contribution in [1.82, 2.24) is 15.0 Å². The van der Waals surface area contributed by atoms with Crippen molar-refractivity contribution in [3.05, 3.63) is 46.0 Å².